The van der Waals surface area contributed by atoms with Crippen LogP contribution < -0.4 is 4.74 Å². The average molecular weight is 444 g/mol. The molecule has 0 radical (unpaired) electrons. The van der Waals surface area contributed by atoms with Crippen LogP contribution in [-0.2, 0) is 12.7 Å². The molecule has 0 bridgehead atoms. The number of pyridine rings is 1. The van der Waals surface area contributed by atoms with Gasteiger partial charge in [-0.15, -0.1) is 0 Å². The molecule has 1 N–H and O–H groups in total. The van der Waals surface area contributed by atoms with E-state index in [4.69, 9.17) is 4.74 Å². The number of aliphatic hydroxyl groups excluding tert-OH is 1. The highest BCUT2D eigenvalue weighted by atomic mass is 19.4. The van der Waals surface area contributed by atoms with Crippen molar-refractivity contribution < 1.29 is 23.0 Å². The van der Waals surface area contributed by atoms with Gasteiger partial charge in [0.25, 0.3) is 0 Å². The Morgan fingerprint density at radius 1 is 1.03 bits per heavy atom. The Hall–Kier alpha value is -2.90. The van der Waals surface area contributed by atoms with Crippen molar-refractivity contribution in [1.29, 1.82) is 0 Å². The van der Waals surface area contributed by atoms with Crippen LogP contribution in [-0.4, -0.2) is 34.2 Å². The first-order chi connectivity index (χ1) is 15.2. The normalized spacial score (nSPS) is 13.7. The number of aliphatic hydroxyl groups is 1. The van der Waals surface area contributed by atoms with Gasteiger partial charge in [-0.25, -0.2) is 0 Å². The van der Waals surface area contributed by atoms with Crippen molar-refractivity contribution in [3.8, 4) is 5.75 Å². The van der Waals surface area contributed by atoms with E-state index in [1.54, 1.807) is 12.4 Å². The number of hydrogen-bond donors (Lipinski definition) is 1. The topological polar surface area (TPSA) is 45.6 Å². The van der Waals surface area contributed by atoms with Gasteiger partial charge in [0.1, 0.15) is 18.5 Å². The number of benzene rings is 2. The van der Waals surface area contributed by atoms with Gasteiger partial charge in [-0.2, -0.15) is 13.2 Å². The molecule has 32 heavy (non-hydrogen) atoms. The van der Waals surface area contributed by atoms with Gasteiger partial charge in [-0.05, 0) is 60.9 Å². The number of halogens is 3. The van der Waals surface area contributed by atoms with Gasteiger partial charge in [0.2, 0.25) is 0 Å². The summed E-state index contributed by atoms with van der Waals surface area (Å²) >= 11 is 0. The molecule has 3 aromatic rings. The summed E-state index contributed by atoms with van der Waals surface area (Å²) in [5.41, 5.74) is 2.60. The third-order valence-electron chi connectivity index (χ3n) is 5.42. The molecule has 0 saturated carbocycles. The van der Waals surface area contributed by atoms with E-state index in [0.717, 1.165) is 28.8 Å². The van der Waals surface area contributed by atoms with E-state index in [-0.39, 0.29) is 18.4 Å². The molecule has 0 saturated heterocycles. The van der Waals surface area contributed by atoms with Gasteiger partial charge < -0.3 is 9.84 Å². The minimum absolute atomic E-state index is 0.0102. The van der Waals surface area contributed by atoms with Crippen LogP contribution in [0.25, 0.3) is 0 Å². The number of rotatable bonds is 9. The van der Waals surface area contributed by atoms with E-state index in [9.17, 15) is 18.3 Å². The minimum Gasteiger partial charge on any atom is -0.491 e. The SMILES string of the molecule is Cc1ccccc1CN(CC(O)COc1ccc(C(F)(F)F)cc1)C(C)c1cccnc1. The van der Waals surface area contributed by atoms with E-state index in [2.05, 4.69) is 22.9 Å². The van der Waals surface area contributed by atoms with Crippen molar-refractivity contribution in [1.82, 2.24) is 9.88 Å². The number of aromatic nitrogens is 1. The molecule has 0 spiro atoms. The van der Waals surface area contributed by atoms with E-state index < -0.39 is 17.8 Å². The molecule has 2 unspecified atom stereocenters. The molecule has 0 amide bonds. The summed E-state index contributed by atoms with van der Waals surface area (Å²) in [4.78, 5) is 6.34. The van der Waals surface area contributed by atoms with Crippen LogP contribution in [0, 0.1) is 6.92 Å². The van der Waals surface area contributed by atoms with Gasteiger partial charge in [0.15, 0.2) is 0 Å². The predicted molar refractivity (Wildman–Crippen MR) is 117 cm³/mol. The lowest BCUT2D eigenvalue weighted by Gasteiger charge is -2.31. The molecule has 0 fully saturated rings. The Labute approximate surface area is 186 Å². The van der Waals surface area contributed by atoms with Crippen LogP contribution >= 0.6 is 0 Å². The molecule has 2 atom stereocenters. The zero-order valence-corrected chi connectivity index (χ0v) is 18.1. The molecule has 0 aliphatic rings. The zero-order valence-electron chi connectivity index (χ0n) is 18.1. The van der Waals surface area contributed by atoms with Crippen molar-refractivity contribution in [2.75, 3.05) is 13.2 Å². The zero-order chi connectivity index (χ0) is 23.1. The van der Waals surface area contributed by atoms with Gasteiger partial charge in [-0.3, -0.25) is 9.88 Å². The standard InChI is InChI=1S/C25H27F3N2O2/c1-18-6-3-4-7-21(18)15-30(19(2)20-8-5-13-29-14-20)16-23(31)17-32-24-11-9-22(10-12-24)25(26,27)28/h3-14,19,23,31H,15-17H2,1-2H3. The van der Waals surface area contributed by atoms with Crippen molar-refractivity contribution in [2.24, 2.45) is 0 Å². The molecule has 0 aliphatic carbocycles. The Kier molecular flexibility index (Phi) is 7.88. The molecule has 7 heteroatoms. The molecule has 2 aromatic carbocycles. The van der Waals surface area contributed by atoms with Crippen LogP contribution in [0.4, 0.5) is 13.2 Å². The molecular formula is C25H27F3N2O2. The van der Waals surface area contributed by atoms with Crippen molar-refractivity contribution in [3.05, 3.63) is 95.3 Å². The molecule has 170 valence electrons. The third-order valence-corrected chi connectivity index (χ3v) is 5.42. The van der Waals surface area contributed by atoms with Gasteiger partial charge >= 0.3 is 6.18 Å². The maximum absolute atomic E-state index is 12.7. The van der Waals surface area contributed by atoms with E-state index in [0.29, 0.717) is 13.1 Å². The van der Waals surface area contributed by atoms with E-state index in [1.807, 2.05) is 37.3 Å². The molecule has 3 rings (SSSR count). The third kappa shape index (κ3) is 6.55. The first-order valence-corrected chi connectivity index (χ1v) is 10.4. The highest BCUT2D eigenvalue weighted by Crippen LogP contribution is 2.30. The van der Waals surface area contributed by atoms with Gasteiger partial charge in [0.05, 0.1) is 5.56 Å². The molecule has 1 aromatic heterocycles. The maximum atomic E-state index is 12.7. The van der Waals surface area contributed by atoms with Crippen molar-refractivity contribution in [3.63, 3.8) is 0 Å². The van der Waals surface area contributed by atoms with Crippen LogP contribution in [0.3, 0.4) is 0 Å². The smallest absolute Gasteiger partial charge is 0.416 e. The molecular weight excluding hydrogens is 417 g/mol. The van der Waals surface area contributed by atoms with Gasteiger partial charge in [0, 0.05) is 31.5 Å². The monoisotopic (exact) mass is 444 g/mol. The van der Waals surface area contributed by atoms with Crippen molar-refractivity contribution >= 4 is 0 Å². The number of hydrogen-bond acceptors (Lipinski definition) is 4. The van der Waals surface area contributed by atoms with E-state index >= 15 is 0 Å². The second kappa shape index (κ2) is 10.6. The number of nitrogens with zero attached hydrogens (tertiary/aromatic N) is 2. The van der Waals surface area contributed by atoms with Crippen LogP contribution in [0.1, 0.15) is 35.2 Å². The van der Waals surface area contributed by atoms with Crippen LogP contribution in [0.15, 0.2) is 73.1 Å². The lowest BCUT2D eigenvalue weighted by Crippen LogP contribution is -2.37. The highest BCUT2D eigenvalue weighted by Gasteiger charge is 2.30. The first kappa shape index (κ1) is 23.8. The summed E-state index contributed by atoms with van der Waals surface area (Å²) in [6.07, 6.45) is -1.70. The summed E-state index contributed by atoms with van der Waals surface area (Å²) in [5.74, 6) is 0.280. The van der Waals surface area contributed by atoms with Gasteiger partial charge in [-0.1, -0.05) is 30.3 Å². The summed E-state index contributed by atoms with van der Waals surface area (Å²) in [6, 6.07) is 16.4. The number of aryl methyl sites for hydroxylation is 1. The predicted octanol–water partition coefficient (Wildman–Crippen LogP) is 5.41. The largest absolute Gasteiger partial charge is 0.491 e. The molecule has 1 heterocycles. The second-order valence-corrected chi connectivity index (χ2v) is 7.81. The Bertz CT molecular complexity index is 978. The fourth-order valence-electron chi connectivity index (χ4n) is 3.46. The van der Waals surface area contributed by atoms with Crippen LogP contribution in [0.5, 0.6) is 5.75 Å². The molecule has 0 aliphatic heterocycles. The lowest BCUT2D eigenvalue weighted by atomic mass is 10.0. The Morgan fingerprint density at radius 2 is 1.75 bits per heavy atom. The highest BCUT2D eigenvalue weighted by molar-refractivity contribution is 5.29. The summed E-state index contributed by atoms with van der Waals surface area (Å²) in [7, 11) is 0. The van der Waals surface area contributed by atoms with E-state index in [1.165, 1.54) is 12.1 Å². The first-order valence-electron chi connectivity index (χ1n) is 10.4. The summed E-state index contributed by atoms with van der Waals surface area (Å²) in [6.45, 7) is 5.02. The summed E-state index contributed by atoms with van der Waals surface area (Å²) in [5, 5.41) is 10.6. The maximum Gasteiger partial charge on any atom is 0.416 e. The average Bonchev–Trinajstić information content (AvgIpc) is 2.78. The second-order valence-electron chi connectivity index (χ2n) is 7.81. The minimum atomic E-state index is -4.39. The van der Waals surface area contributed by atoms with Crippen molar-refractivity contribution in [2.45, 2.75) is 38.7 Å². The van der Waals surface area contributed by atoms with Crippen LogP contribution in [0.2, 0.25) is 0 Å². The Morgan fingerprint density at radius 3 is 2.38 bits per heavy atom. The molecule has 4 nitrogen and oxygen atoms in total. The number of alkyl halides is 3. The quantitative estimate of drug-likeness (QED) is 0.479. The fraction of sp³-hybridized carbons (Fsp3) is 0.320. The summed E-state index contributed by atoms with van der Waals surface area (Å²) < 4.78 is 43.7. The lowest BCUT2D eigenvalue weighted by molar-refractivity contribution is -0.137. The fourth-order valence-corrected chi connectivity index (χ4v) is 3.46. The Balaban J connectivity index is 1.67. The number of ether oxygens (including phenoxy) is 1.